The number of halogens is 1. The molecule has 8 heteroatoms. The van der Waals surface area contributed by atoms with Gasteiger partial charge in [0.05, 0.1) is 17.8 Å². The molecule has 6 nitrogen and oxygen atoms in total. The van der Waals surface area contributed by atoms with E-state index in [2.05, 4.69) is 4.98 Å². The van der Waals surface area contributed by atoms with Crippen LogP contribution in [0.5, 0.6) is 5.75 Å². The average Bonchev–Trinajstić information content (AvgIpc) is 3.06. The van der Waals surface area contributed by atoms with Crippen LogP contribution in [0.15, 0.2) is 29.8 Å². The van der Waals surface area contributed by atoms with Crippen LogP contribution in [0.2, 0.25) is 0 Å². The molecular weight excluding hydrogens is 369 g/mol. The van der Waals surface area contributed by atoms with Crippen molar-refractivity contribution in [3.8, 4) is 5.75 Å². The van der Waals surface area contributed by atoms with Crippen molar-refractivity contribution in [1.29, 1.82) is 0 Å². The molecule has 0 saturated carbocycles. The summed E-state index contributed by atoms with van der Waals surface area (Å²) < 4.78 is 18.9. The van der Waals surface area contributed by atoms with Gasteiger partial charge in [0.25, 0.3) is 5.91 Å². The van der Waals surface area contributed by atoms with Crippen molar-refractivity contribution in [2.75, 3.05) is 19.7 Å². The fourth-order valence-corrected chi connectivity index (χ4v) is 4.25. The number of aryl methyl sites for hydroxylation is 1. The fourth-order valence-electron chi connectivity index (χ4n) is 3.48. The van der Waals surface area contributed by atoms with Crippen LogP contribution in [0.25, 0.3) is 0 Å². The number of rotatable bonds is 6. The number of likely N-dealkylation sites (tertiary alicyclic amines) is 1. The van der Waals surface area contributed by atoms with Crippen LogP contribution in [0.4, 0.5) is 4.39 Å². The molecule has 1 fully saturated rings. The van der Waals surface area contributed by atoms with Crippen LogP contribution in [0, 0.1) is 18.2 Å². The number of thiazole rings is 1. The number of ether oxygens (including phenoxy) is 1. The lowest BCUT2D eigenvalue weighted by Gasteiger charge is -2.42. The van der Waals surface area contributed by atoms with Crippen LogP contribution >= 0.6 is 11.3 Å². The molecule has 1 aliphatic heterocycles. The summed E-state index contributed by atoms with van der Waals surface area (Å²) >= 11 is 1.32. The summed E-state index contributed by atoms with van der Waals surface area (Å²) in [4.78, 5) is 31.1. The normalized spacial score (nSPS) is 19.7. The van der Waals surface area contributed by atoms with Crippen molar-refractivity contribution in [3.63, 3.8) is 0 Å². The molecule has 0 radical (unpaired) electrons. The van der Waals surface area contributed by atoms with Gasteiger partial charge in [0.1, 0.15) is 16.4 Å². The predicted octanol–water partition coefficient (Wildman–Crippen LogP) is 2.77. The second kappa shape index (κ2) is 8.04. The molecule has 27 heavy (non-hydrogen) atoms. The van der Waals surface area contributed by atoms with Crippen LogP contribution in [0.1, 0.15) is 34.6 Å². The molecule has 0 unspecified atom stereocenters. The lowest BCUT2D eigenvalue weighted by molar-refractivity contribution is -0.122. The Kier molecular flexibility index (Phi) is 5.74. The number of carbonyl (C=O) groups excluding carboxylic acids is 2. The molecule has 2 N–H and O–H groups in total. The number of primary amides is 1. The zero-order valence-electron chi connectivity index (χ0n) is 15.1. The molecular formula is C19H22FN3O3S. The number of hydrogen-bond acceptors (Lipinski definition) is 5. The summed E-state index contributed by atoms with van der Waals surface area (Å²) in [6.07, 6.45) is 1.60. The quantitative estimate of drug-likeness (QED) is 0.820. The van der Waals surface area contributed by atoms with Gasteiger partial charge in [0.15, 0.2) is 0 Å². The first-order valence-corrected chi connectivity index (χ1v) is 9.63. The Morgan fingerprint density at radius 3 is 2.74 bits per heavy atom. The summed E-state index contributed by atoms with van der Waals surface area (Å²) in [7, 11) is 0. The monoisotopic (exact) mass is 391 g/mol. The first-order valence-electron chi connectivity index (χ1n) is 8.75. The van der Waals surface area contributed by atoms with E-state index in [1.165, 1.54) is 23.5 Å². The van der Waals surface area contributed by atoms with Crippen LogP contribution in [-0.4, -0.2) is 41.4 Å². The standard InChI is InChI=1S/C19H22FN3O3S/c1-13-17(27-12-22-13)18(25)23-8-2-7-19(10-23,9-16(21)24)11-26-15-5-3-14(20)4-6-15/h3-6,12H,2,7-11H2,1H3,(H2,21,24)/t19-/m0/s1. The summed E-state index contributed by atoms with van der Waals surface area (Å²) in [6, 6.07) is 5.72. The van der Waals surface area contributed by atoms with Crippen LogP contribution < -0.4 is 10.5 Å². The average molecular weight is 391 g/mol. The molecule has 0 spiro atoms. The maximum atomic E-state index is 13.1. The molecule has 1 atom stereocenters. The summed E-state index contributed by atoms with van der Waals surface area (Å²) in [6.45, 7) is 3.04. The van der Waals surface area contributed by atoms with Gasteiger partial charge < -0.3 is 15.4 Å². The smallest absolute Gasteiger partial charge is 0.265 e. The van der Waals surface area contributed by atoms with E-state index in [1.807, 2.05) is 6.92 Å². The van der Waals surface area contributed by atoms with E-state index in [1.54, 1.807) is 22.5 Å². The highest BCUT2D eigenvalue weighted by Gasteiger charge is 2.40. The van der Waals surface area contributed by atoms with Crippen LogP contribution in [0.3, 0.4) is 0 Å². The van der Waals surface area contributed by atoms with Crippen molar-refractivity contribution >= 4 is 23.2 Å². The lowest BCUT2D eigenvalue weighted by atomic mass is 9.77. The van der Waals surface area contributed by atoms with Gasteiger partial charge >= 0.3 is 0 Å². The lowest BCUT2D eigenvalue weighted by Crippen LogP contribution is -2.50. The van der Waals surface area contributed by atoms with Gasteiger partial charge in [-0.05, 0) is 44.0 Å². The molecule has 1 aromatic carbocycles. The second-order valence-corrected chi connectivity index (χ2v) is 7.84. The minimum atomic E-state index is -0.563. The molecule has 3 rings (SSSR count). The van der Waals surface area contributed by atoms with E-state index in [4.69, 9.17) is 10.5 Å². The Bertz CT molecular complexity index is 824. The minimum absolute atomic E-state index is 0.0784. The molecule has 1 aliphatic rings. The Hall–Kier alpha value is -2.48. The van der Waals surface area contributed by atoms with Crippen LogP contribution in [-0.2, 0) is 4.79 Å². The topological polar surface area (TPSA) is 85.5 Å². The highest BCUT2D eigenvalue weighted by atomic mass is 32.1. The molecule has 1 saturated heterocycles. The van der Waals surface area contributed by atoms with Gasteiger partial charge in [-0.15, -0.1) is 11.3 Å². The first kappa shape index (κ1) is 19.3. The van der Waals surface area contributed by atoms with Gasteiger partial charge in [-0.3, -0.25) is 9.59 Å². The number of benzene rings is 1. The first-order chi connectivity index (χ1) is 12.9. The maximum Gasteiger partial charge on any atom is 0.265 e. The Morgan fingerprint density at radius 2 is 2.11 bits per heavy atom. The fraction of sp³-hybridized carbons (Fsp3) is 0.421. The molecule has 144 valence electrons. The summed E-state index contributed by atoms with van der Waals surface area (Å²) in [5, 5.41) is 0. The molecule has 0 bridgehead atoms. The predicted molar refractivity (Wildman–Crippen MR) is 100 cm³/mol. The molecule has 2 amide bonds. The van der Waals surface area contributed by atoms with Gasteiger partial charge in [0, 0.05) is 24.9 Å². The number of amides is 2. The number of carbonyl (C=O) groups is 2. The van der Waals surface area contributed by atoms with Crippen molar-refractivity contribution in [3.05, 3.63) is 46.2 Å². The SMILES string of the molecule is Cc1ncsc1C(=O)N1CCC[C@](COc2ccc(F)cc2)(CC(N)=O)C1. The number of aromatic nitrogens is 1. The largest absolute Gasteiger partial charge is 0.493 e. The highest BCUT2D eigenvalue weighted by molar-refractivity contribution is 7.11. The number of nitrogens with two attached hydrogens (primary N) is 1. The molecule has 0 aliphatic carbocycles. The van der Waals surface area contributed by atoms with E-state index in [0.29, 0.717) is 29.4 Å². The van der Waals surface area contributed by atoms with Gasteiger partial charge in [0.2, 0.25) is 5.91 Å². The molecule has 1 aromatic heterocycles. The number of nitrogens with zero attached hydrogens (tertiary/aromatic N) is 2. The third-order valence-electron chi connectivity index (χ3n) is 4.80. The summed E-state index contributed by atoms with van der Waals surface area (Å²) in [5.41, 5.74) is 7.28. The molecule has 2 heterocycles. The number of hydrogen-bond donors (Lipinski definition) is 1. The number of piperidine rings is 1. The second-order valence-electron chi connectivity index (χ2n) is 6.98. The van der Waals surface area contributed by atoms with Crippen molar-refractivity contribution in [2.24, 2.45) is 11.1 Å². The Balaban J connectivity index is 1.76. The van der Waals surface area contributed by atoms with E-state index in [0.717, 1.165) is 12.8 Å². The van der Waals surface area contributed by atoms with Crippen molar-refractivity contribution in [2.45, 2.75) is 26.2 Å². The maximum absolute atomic E-state index is 13.1. The Morgan fingerprint density at radius 1 is 1.37 bits per heavy atom. The Labute approximate surface area is 161 Å². The van der Waals surface area contributed by atoms with E-state index < -0.39 is 11.3 Å². The highest BCUT2D eigenvalue weighted by Crippen LogP contribution is 2.35. The zero-order valence-corrected chi connectivity index (χ0v) is 15.9. The van der Waals surface area contributed by atoms with Crippen molar-refractivity contribution in [1.82, 2.24) is 9.88 Å². The van der Waals surface area contributed by atoms with E-state index >= 15 is 0 Å². The van der Waals surface area contributed by atoms with E-state index in [-0.39, 0.29) is 24.8 Å². The zero-order chi connectivity index (χ0) is 19.4. The third kappa shape index (κ3) is 4.63. The van der Waals surface area contributed by atoms with E-state index in [9.17, 15) is 14.0 Å². The third-order valence-corrected chi connectivity index (χ3v) is 5.71. The van der Waals surface area contributed by atoms with Gasteiger partial charge in [-0.1, -0.05) is 0 Å². The van der Waals surface area contributed by atoms with Gasteiger partial charge in [-0.2, -0.15) is 0 Å². The van der Waals surface area contributed by atoms with Gasteiger partial charge in [-0.25, -0.2) is 9.37 Å². The minimum Gasteiger partial charge on any atom is -0.493 e. The van der Waals surface area contributed by atoms with Crippen molar-refractivity contribution < 1.29 is 18.7 Å². The summed E-state index contributed by atoms with van der Waals surface area (Å²) in [5.74, 6) is -0.336. The molecule has 2 aromatic rings.